The number of esters is 1. The van der Waals surface area contributed by atoms with Crippen LogP contribution in [0.15, 0.2) is 23.3 Å². The molecule has 3 aliphatic carbocycles. The van der Waals surface area contributed by atoms with Gasteiger partial charge in [-0.3, -0.25) is 9.59 Å². The Bertz CT molecular complexity index is 933. The molecule has 6 heteroatoms. The van der Waals surface area contributed by atoms with Gasteiger partial charge in [-0.2, -0.15) is 5.10 Å². The van der Waals surface area contributed by atoms with E-state index in [0.717, 1.165) is 24.9 Å². The lowest BCUT2D eigenvalue weighted by Gasteiger charge is -2.49. The molecule has 1 aromatic carbocycles. The maximum atomic E-state index is 12.4. The first-order chi connectivity index (χ1) is 15.1. The van der Waals surface area contributed by atoms with Crippen LogP contribution in [0.5, 0.6) is 0 Å². The number of hydrogen-bond donors (Lipinski definition) is 2. The molecule has 1 aromatic rings. The number of hydrazone groups is 1. The Labute approximate surface area is 191 Å². The summed E-state index contributed by atoms with van der Waals surface area (Å²) in [6.07, 6.45) is 7.01. The van der Waals surface area contributed by atoms with E-state index in [1.54, 1.807) is 0 Å². The number of benzene rings is 1. The van der Waals surface area contributed by atoms with Gasteiger partial charge in [0, 0.05) is 23.2 Å². The first-order valence-corrected chi connectivity index (χ1v) is 12.0. The third-order valence-electron chi connectivity index (χ3n) is 7.88. The molecule has 0 aromatic heterocycles. The van der Waals surface area contributed by atoms with Crippen LogP contribution in [0.1, 0.15) is 89.7 Å². The molecule has 0 radical (unpaired) electrons. The van der Waals surface area contributed by atoms with E-state index in [0.29, 0.717) is 17.8 Å². The van der Waals surface area contributed by atoms with E-state index in [9.17, 15) is 9.59 Å². The second-order valence-corrected chi connectivity index (χ2v) is 11.0. The van der Waals surface area contributed by atoms with Crippen LogP contribution in [0.25, 0.3) is 0 Å². The van der Waals surface area contributed by atoms with Gasteiger partial charge in [-0.1, -0.05) is 13.0 Å². The van der Waals surface area contributed by atoms with Crippen LogP contribution in [-0.4, -0.2) is 23.2 Å². The minimum absolute atomic E-state index is 0.0893. The van der Waals surface area contributed by atoms with Gasteiger partial charge in [-0.15, -0.1) is 0 Å². The lowest BCUT2D eigenvalue weighted by atomic mass is 9.55. The average molecular weight is 440 g/mol. The van der Waals surface area contributed by atoms with Crippen LogP contribution >= 0.6 is 0 Å². The standard InChI is InChI=1S/C26H37N3O3/c1-25(2,3)32-24(31)12-11-23(30)28-17-6-8-18-16(15-17)5-7-20-19(18)13-14-26(4)21(20)9-10-22(26)29-27/h6,8,15,19-21H,5,7,9-14,27H2,1-4H3,(H,28,30)/b29-22+/t19-,20-,21+,26+/m1/s1. The van der Waals surface area contributed by atoms with Crippen molar-refractivity contribution in [2.24, 2.45) is 28.2 Å². The fourth-order valence-corrected chi connectivity index (χ4v) is 6.49. The number of amides is 1. The highest BCUT2D eigenvalue weighted by Crippen LogP contribution is 2.59. The Morgan fingerprint density at radius 3 is 2.69 bits per heavy atom. The van der Waals surface area contributed by atoms with Crippen LogP contribution in [0, 0.1) is 17.3 Å². The third kappa shape index (κ3) is 4.41. The van der Waals surface area contributed by atoms with Crippen LogP contribution in [-0.2, 0) is 20.7 Å². The zero-order valence-corrected chi connectivity index (χ0v) is 19.9. The predicted octanol–water partition coefficient (Wildman–Crippen LogP) is 4.92. The van der Waals surface area contributed by atoms with Gasteiger partial charge in [-0.25, -0.2) is 0 Å². The molecule has 32 heavy (non-hydrogen) atoms. The molecule has 0 saturated heterocycles. The number of carbonyl (C=O) groups is 2. The lowest BCUT2D eigenvalue weighted by molar-refractivity contribution is -0.155. The van der Waals surface area contributed by atoms with E-state index in [1.165, 1.54) is 36.1 Å². The summed E-state index contributed by atoms with van der Waals surface area (Å²) < 4.78 is 5.28. The van der Waals surface area contributed by atoms with Crippen LogP contribution < -0.4 is 11.2 Å². The van der Waals surface area contributed by atoms with Crippen LogP contribution in [0.4, 0.5) is 5.69 Å². The SMILES string of the molecule is CC(C)(C)OC(=O)CCC(=O)Nc1ccc2c(c1)CC[C@@H]1[C@@H]2CC[C@]2(C)/C(=N/N)CC[C@@H]12. The maximum absolute atomic E-state index is 12.4. The van der Waals surface area contributed by atoms with Crippen molar-refractivity contribution in [1.82, 2.24) is 0 Å². The Morgan fingerprint density at radius 2 is 1.97 bits per heavy atom. The fraction of sp³-hybridized carbons (Fsp3) is 0.654. The summed E-state index contributed by atoms with van der Waals surface area (Å²) in [6.45, 7) is 7.85. The molecule has 0 spiro atoms. The number of aryl methyl sites for hydroxylation is 1. The van der Waals surface area contributed by atoms with Gasteiger partial charge in [0.2, 0.25) is 5.91 Å². The lowest BCUT2D eigenvalue weighted by Crippen LogP contribution is -2.42. The van der Waals surface area contributed by atoms with E-state index in [4.69, 9.17) is 10.6 Å². The fourth-order valence-electron chi connectivity index (χ4n) is 6.49. The first kappa shape index (κ1) is 22.8. The molecule has 0 bridgehead atoms. The summed E-state index contributed by atoms with van der Waals surface area (Å²) in [7, 11) is 0. The molecule has 2 saturated carbocycles. The minimum atomic E-state index is -0.530. The summed E-state index contributed by atoms with van der Waals surface area (Å²) in [5.41, 5.74) is 4.48. The third-order valence-corrected chi connectivity index (χ3v) is 7.88. The average Bonchev–Trinajstić information content (AvgIpc) is 3.07. The van der Waals surface area contributed by atoms with E-state index in [1.807, 2.05) is 26.8 Å². The van der Waals surface area contributed by atoms with Gasteiger partial charge >= 0.3 is 5.97 Å². The summed E-state index contributed by atoms with van der Waals surface area (Å²) in [4.78, 5) is 24.2. The summed E-state index contributed by atoms with van der Waals surface area (Å²) in [5, 5.41) is 7.12. The molecule has 6 nitrogen and oxygen atoms in total. The Hall–Kier alpha value is -2.37. The molecule has 2 fully saturated rings. The van der Waals surface area contributed by atoms with Crippen molar-refractivity contribution in [3.05, 3.63) is 29.3 Å². The normalized spacial score (nSPS) is 30.2. The van der Waals surface area contributed by atoms with Gasteiger partial charge < -0.3 is 15.9 Å². The van der Waals surface area contributed by atoms with Crippen molar-refractivity contribution >= 4 is 23.3 Å². The number of nitrogens with zero attached hydrogens (tertiary/aromatic N) is 1. The number of nitrogens with two attached hydrogens (primary N) is 1. The van der Waals surface area contributed by atoms with E-state index in [2.05, 4.69) is 29.5 Å². The minimum Gasteiger partial charge on any atom is -0.460 e. The van der Waals surface area contributed by atoms with Crippen molar-refractivity contribution in [2.45, 2.75) is 90.6 Å². The van der Waals surface area contributed by atoms with Crippen LogP contribution in [0.2, 0.25) is 0 Å². The Kier molecular flexibility index (Phi) is 6.08. The van der Waals surface area contributed by atoms with Gasteiger partial charge in [-0.05, 0) is 100 Å². The molecule has 0 aliphatic heterocycles. The second-order valence-electron chi connectivity index (χ2n) is 11.0. The van der Waals surface area contributed by atoms with Crippen molar-refractivity contribution < 1.29 is 14.3 Å². The van der Waals surface area contributed by atoms with Crippen molar-refractivity contribution in [3.63, 3.8) is 0 Å². The van der Waals surface area contributed by atoms with E-state index >= 15 is 0 Å². The largest absolute Gasteiger partial charge is 0.460 e. The molecule has 4 rings (SSSR count). The number of hydrogen-bond acceptors (Lipinski definition) is 5. The molecule has 174 valence electrons. The zero-order chi connectivity index (χ0) is 23.1. The van der Waals surface area contributed by atoms with Crippen molar-refractivity contribution in [3.8, 4) is 0 Å². The van der Waals surface area contributed by atoms with Gasteiger partial charge in [0.25, 0.3) is 0 Å². The Balaban J connectivity index is 1.40. The van der Waals surface area contributed by atoms with Gasteiger partial charge in [0.15, 0.2) is 0 Å². The smallest absolute Gasteiger partial charge is 0.306 e. The van der Waals surface area contributed by atoms with E-state index in [-0.39, 0.29) is 30.1 Å². The number of ether oxygens (including phenoxy) is 1. The molecule has 3 aliphatic rings. The van der Waals surface area contributed by atoms with Gasteiger partial charge in [0.05, 0.1) is 6.42 Å². The molecule has 3 N–H and O–H groups in total. The molecule has 1 amide bonds. The summed E-state index contributed by atoms with van der Waals surface area (Å²) >= 11 is 0. The molecular weight excluding hydrogens is 402 g/mol. The number of carbonyl (C=O) groups excluding carboxylic acids is 2. The monoisotopic (exact) mass is 439 g/mol. The number of fused-ring (bicyclic) bond motifs is 5. The summed E-state index contributed by atoms with van der Waals surface area (Å²) in [5.74, 6) is 7.17. The highest BCUT2D eigenvalue weighted by atomic mass is 16.6. The van der Waals surface area contributed by atoms with Crippen LogP contribution in [0.3, 0.4) is 0 Å². The number of rotatable bonds is 4. The topological polar surface area (TPSA) is 93.8 Å². The molecule has 0 unspecified atom stereocenters. The van der Waals surface area contributed by atoms with Gasteiger partial charge in [0.1, 0.15) is 5.60 Å². The second kappa shape index (κ2) is 8.53. The predicted molar refractivity (Wildman–Crippen MR) is 126 cm³/mol. The molecular formula is C26H37N3O3. The molecule has 0 heterocycles. The Morgan fingerprint density at radius 1 is 1.19 bits per heavy atom. The van der Waals surface area contributed by atoms with E-state index < -0.39 is 5.60 Å². The maximum Gasteiger partial charge on any atom is 0.306 e. The number of anilines is 1. The first-order valence-electron chi connectivity index (χ1n) is 12.0. The van der Waals surface area contributed by atoms with Crippen molar-refractivity contribution in [2.75, 3.05) is 5.32 Å². The zero-order valence-electron chi connectivity index (χ0n) is 19.9. The van der Waals surface area contributed by atoms with Crippen molar-refractivity contribution in [1.29, 1.82) is 0 Å². The highest BCUT2D eigenvalue weighted by Gasteiger charge is 2.53. The quantitative estimate of drug-likeness (QED) is 0.396. The summed E-state index contributed by atoms with van der Waals surface area (Å²) in [6, 6.07) is 6.36. The highest BCUT2D eigenvalue weighted by molar-refractivity contribution is 5.93. The molecule has 4 atom stereocenters. The number of nitrogens with one attached hydrogen (secondary N) is 1.